The highest BCUT2D eigenvalue weighted by molar-refractivity contribution is 8.00. The first-order valence-corrected chi connectivity index (χ1v) is 7.56. The van der Waals surface area contributed by atoms with Crippen molar-refractivity contribution in [3.05, 3.63) is 29.8 Å². The summed E-state index contributed by atoms with van der Waals surface area (Å²) in [4.78, 5) is 23.7. The summed E-state index contributed by atoms with van der Waals surface area (Å²) in [7, 11) is 0. The predicted octanol–water partition coefficient (Wildman–Crippen LogP) is 3.03. The molecule has 0 radical (unpaired) electrons. The summed E-state index contributed by atoms with van der Waals surface area (Å²) in [5.41, 5.74) is 0.235. The fraction of sp³-hybridized carbons (Fsp3) is 0.467. The Labute approximate surface area is 124 Å². The molecule has 1 atom stereocenters. The van der Waals surface area contributed by atoms with E-state index < -0.39 is 5.97 Å². The van der Waals surface area contributed by atoms with Gasteiger partial charge in [-0.3, -0.25) is 4.79 Å². The molecule has 110 valence electrons. The lowest BCUT2D eigenvalue weighted by Gasteiger charge is -2.14. The maximum atomic E-state index is 11.9. The molecule has 0 bridgehead atoms. The van der Waals surface area contributed by atoms with E-state index in [9.17, 15) is 9.59 Å². The van der Waals surface area contributed by atoms with Crippen LogP contribution >= 0.6 is 11.8 Å². The number of hydrogen-bond donors (Lipinski definition) is 2. The third-order valence-electron chi connectivity index (χ3n) is 2.81. The van der Waals surface area contributed by atoms with Crippen LogP contribution in [-0.4, -0.2) is 28.8 Å². The summed E-state index contributed by atoms with van der Waals surface area (Å²) >= 11 is 1.27. The normalized spacial score (nSPS) is 12.2. The summed E-state index contributed by atoms with van der Waals surface area (Å²) in [5, 5.41) is 11.7. The van der Waals surface area contributed by atoms with Crippen LogP contribution < -0.4 is 5.32 Å². The first-order chi connectivity index (χ1) is 9.41. The molecule has 0 saturated heterocycles. The lowest BCUT2D eigenvalue weighted by atomic mass is 10.1. The molecule has 0 aliphatic carbocycles. The van der Waals surface area contributed by atoms with Crippen molar-refractivity contribution in [1.82, 2.24) is 5.32 Å². The zero-order valence-electron chi connectivity index (χ0n) is 12.1. The van der Waals surface area contributed by atoms with Gasteiger partial charge in [-0.05, 0) is 31.4 Å². The number of aromatic carboxylic acids is 1. The van der Waals surface area contributed by atoms with Crippen molar-refractivity contribution in [3.8, 4) is 0 Å². The number of hydrogen-bond acceptors (Lipinski definition) is 3. The Morgan fingerprint density at radius 2 is 1.90 bits per heavy atom. The van der Waals surface area contributed by atoms with Gasteiger partial charge in [-0.1, -0.05) is 26.0 Å². The third kappa shape index (κ3) is 5.25. The Hall–Kier alpha value is -1.49. The molecule has 1 aromatic carbocycles. The van der Waals surface area contributed by atoms with Gasteiger partial charge in [-0.15, -0.1) is 11.8 Å². The average molecular weight is 295 g/mol. The topological polar surface area (TPSA) is 66.4 Å². The molecule has 0 aliphatic rings. The predicted molar refractivity (Wildman–Crippen MR) is 81.2 cm³/mol. The fourth-order valence-electron chi connectivity index (χ4n) is 1.62. The monoisotopic (exact) mass is 295 g/mol. The number of carbonyl (C=O) groups is 2. The van der Waals surface area contributed by atoms with Crippen molar-refractivity contribution < 1.29 is 14.7 Å². The van der Waals surface area contributed by atoms with Crippen molar-refractivity contribution in [1.29, 1.82) is 0 Å². The quantitative estimate of drug-likeness (QED) is 0.759. The van der Waals surface area contributed by atoms with Crippen LogP contribution in [0.25, 0.3) is 0 Å². The molecule has 0 heterocycles. The molecule has 20 heavy (non-hydrogen) atoms. The summed E-state index contributed by atoms with van der Waals surface area (Å²) in [6.07, 6.45) is 0.939. The molecule has 2 N–H and O–H groups in total. The van der Waals surface area contributed by atoms with Gasteiger partial charge in [0.15, 0.2) is 0 Å². The number of carboxylic acid groups (broad SMARTS) is 1. The maximum Gasteiger partial charge on any atom is 0.336 e. The van der Waals surface area contributed by atoms with Gasteiger partial charge >= 0.3 is 5.97 Å². The van der Waals surface area contributed by atoms with Gasteiger partial charge in [0.25, 0.3) is 0 Å². The van der Waals surface area contributed by atoms with E-state index in [2.05, 4.69) is 19.2 Å². The first-order valence-electron chi connectivity index (χ1n) is 6.68. The molecular weight excluding hydrogens is 274 g/mol. The molecule has 0 saturated carbocycles. The van der Waals surface area contributed by atoms with E-state index in [4.69, 9.17) is 5.11 Å². The Bertz CT molecular complexity index is 474. The minimum absolute atomic E-state index is 0.0594. The number of carboxylic acids is 1. The highest BCUT2D eigenvalue weighted by atomic mass is 32.2. The SMILES string of the molecule is CC(C)CCNC(=O)C(C)Sc1ccccc1C(=O)O. The van der Waals surface area contributed by atoms with Gasteiger partial charge < -0.3 is 10.4 Å². The van der Waals surface area contributed by atoms with Gasteiger partial charge in [0.05, 0.1) is 10.8 Å². The second-order valence-corrected chi connectivity index (χ2v) is 6.42. The summed E-state index contributed by atoms with van der Waals surface area (Å²) < 4.78 is 0. The zero-order valence-corrected chi connectivity index (χ0v) is 12.9. The number of nitrogens with one attached hydrogen (secondary N) is 1. The van der Waals surface area contributed by atoms with Crippen LogP contribution in [-0.2, 0) is 4.79 Å². The number of amides is 1. The van der Waals surface area contributed by atoms with E-state index in [0.29, 0.717) is 17.4 Å². The second-order valence-electron chi connectivity index (χ2n) is 5.03. The molecule has 0 fully saturated rings. The molecule has 0 aromatic heterocycles. The smallest absolute Gasteiger partial charge is 0.336 e. The minimum Gasteiger partial charge on any atom is -0.478 e. The standard InChI is InChI=1S/C15H21NO3S/c1-10(2)8-9-16-14(17)11(3)20-13-7-5-4-6-12(13)15(18)19/h4-7,10-11H,8-9H2,1-3H3,(H,16,17)(H,18,19). The number of carbonyl (C=O) groups excluding carboxylic acids is 1. The van der Waals surface area contributed by atoms with Crippen LogP contribution in [0.3, 0.4) is 0 Å². The van der Waals surface area contributed by atoms with Gasteiger partial charge in [-0.25, -0.2) is 4.79 Å². The Morgan fingerprint density at radius 1 is 1.25 bits per heavy atom. The lowest BCUT2D eigenvalue weighted by molar-refractivity contribution is -0.120. The Kier molecular flexibility index (Phi) is 6.58. The van der Waals surface area contributed by atoms with Gasteiger partial charge in [0.2, 0.25) is 5.91 Å². The Morgan fingerprint density at radius 3 is 2.50 bits per heavy atom. The molecule has 1 amide bonds. The molecule has 0 spiro atoms. The largest absolute Gasteiger partial charge is 0.478 e. The van der Waals surface area contributed by atoms with E-state index in [1.165, 1.54) is 11.8 Å². The van der Waals surface area contributed by atoms with Crippen LogP contribution in [0.2, 0.25) is 0 Å². The van der Waals surface area contributed by atoms with E-state index in [0.717, 1.165) is 6.42 Å². The molecule has 0 aliphatic heterocycles. The summed E-state index contributed by atoms with van der Waals surface area (Å²) in [6.45, 7) is 6.65. The first kappa shape index (κ1) is 16.6. The highest BCUT2D eigenvalue weighted by Gasteiger charge is 2.17. The maximum absolute atomic E-state index is 11.9. The van der Waals surface area contributed by atoms with Crippen molar-refractivity contribution >= 4 is 23.6 Å². The molecule has 5 heteroatoms. The van der Waals surface area contributed by atoms with E-state index >= 15 is 0 Å². The zero-order chi connectivity index (χ0) is 15.1. The molecule has 1 rings (SSSR count). The van der Waals surface area contributed by atoms with Crippen LogP contribution in [0.5, 0.6) is 0 Å². The molecule has 1 aromatic rings. The second kappa shape index (κ2) is 7.94. The van der Waals surface area contributed by atoms with E-state index in [-0.39, 0.29) is 16.7 Å². The van der Waals surface area contributed by atoms with Crippen LogP contribution in [0.15, 0.2) is 29.2 Å². The van der Waals surface area contributed by atoms with E-state index in [1.807, 2.05) is 0 Å². The average Bonchev–Trinajstić information content (AvgIpc) is 2.38. The highest BCUT2D eigenvalue weighted by Crippen LogP contribution is 2.26. The summed E-state index contributed by atoms with van der Waals surface area (Å²) in [5.74, 6) is -0.484. The minimum atomic E-state index is -0.972. The van der Waals surface area contributed by atoms with Crippen LogP contribution in [0.4, 0.5) is 0 Å². The van der Waals surface area contributed by atoms with Crippen molar-refractivity contribution in [2.24, 2.45) is 5.92 Å². The van der Waals surface area contributed by atoms with Crippen molar-refractivity contribution in [2.45, 2.75) is 37.3 Å². The van der Waals surface area contributed by atoms with Crippen molar-refractivity contribution in [2.75, 3.05) is 6.54 Å². The summed E-state index contributed by atoms with van der Waals surface area (Å²) in [6, 6.07) is 6.74. The third-order valence-corrected chi connectivity index (χ3v) is 3.99. The van der Waals surface area contributed by atoms with Gasteiger partial charge in [0.1, 0.15) is 0 Å². The molecule has 1 unspecified atom stereocenters. The molecular formula is C15H21NO3S. The van der Waals surface area contributed by atoms with E-state index in [1.54, 1.807) is 31.2 Å². The molecule has 4 nitrogen and oxygen atoms in total. The van der Waals surface area contributed by atoms with Crippen LogP contribution in [0, 0.1) is 5.92 Å². The lowest BCUT2D eigenvalue weighted by Crippen LogP contribution is -2.32. The van der Waals surface area contributed by atoms with Gasteiger partial charge in [0, 0.05) is 11.4 Å². The van der Waals surface area contributed by atoms with Gasteiger partial charge in [-0.2, -0.15) is 0 Å². The van der Waals surface area contributed by atoms with Crippen molar-refractivity contribution in [3.63, 3.8) is 0 Å². The number of rotatable bonds is 7. The number of benzene rings is 1. The van der Waals surface area contributed by atoms with Crippen LogP contribution in [0.1, 0.15) is 37.6 Å². The fourth-order valence-corrected chi connectivity index (χ4v) is 2.63. The number of thioether (sulfide) groups is 1. The Balaban J connectivity index is 2.59.